The van der Waals surface area contributed by atoms with Gasteiger partial charge < -0.3 is 4.98 Å². The third-order valence-corrected chi connectivity index (χ3v) is 3.00. The Morgan fingerprint density at radius 3 is 2.73 bits per heavy atom. The van der Waals surface area contributed by atoms with E-state index in [-0.39, 0.29) is 17.1 Å². The number of sulfone groups is 1. The van der Waals surface area contributed by atoms with Gasteiger partial charge in [0.15, 0.2) is 9.84 Å². The van der Waals surface area contributed by atoms with Crippen LogP contribution in [0, 0.1) is 0 Å². The second-order valence-electron chi connectivity index (χ2n) is 3.96. The molecule has 6 heteroatoms. The third-order valence-electron chi connectivity index (χ3n) is 2.21. The molecular weight excluding hydrogens is 216 g/mol. The molecule has 0 atom stereocenters. The number of rotatable bonds is 3. The molecule has 1 aliphatic rings. The van der Waals surface area contributed by atoms with Gasteiger partial charge >= 0.3 is 0 Å². The lowest BCUT2D eigenvalue weighted by molar-refractivity contribution is 0.599. The molecule has 2 rings (SSSR count). The Bertz CT molecular complexity index is 529. The Labute approximate surface area is 87.5 Å². The molecular formula is C9H12N2O3S. The average Bonchev–Trinajstić information content (AvgIpc) is 2.80. The Morgan fingerprint density at radius 1 is 1.53 bits per heavy atom. The maximum absolute atomic E-state index is 11.2. The summed E-state index contributed by atoms with van der Waals surface area (Å²) >= 11 is 0. The first-order valence-corrected chi connectivity index (χ1v) is 6.78. The van der Waals surface area contributed by atoms with Gasteiger partial charge in [-0.2, -0.15) is 0 Å². The quantitative estimate of drug-likeness (QED) is 0.801. The predicted molar refractivity (Wildman–Crippen MR) is 55.4 cm³/mol. The van der Waals surface area contributed by atoms with Crippen molar-refractivity contribution in [3.8, 4) is 0 Å². The Kier molecular flexibility index (Phi) is 2.38. The van der Waals surface area contributed by atoms with Crippen molar-refractivity contribution in [2.75, 3.05) is 6.26 Å². The molecule has 1 aliphatic carbocycles. The monoisotopic (exact) mass is 228 g/mol. The molecule has 0 spiro atoms. The van der Waals surface area contributed by atoms with Gasteiger partial charge in [-0.25, -0.2) is 13.4 Å². The van der Waals surface area contributed by atoms with E-state index in [0.29, 0.717) is 5.92 Å². The lowest BCUT2D eigenvalue weighted by Gasteiger charge is -2.01. The van der Waals surface area contributed by atoms with Crippen LogP contribution in [0.4, 0.5) is 0 Å². The molecule has 0 unspecified atom stereocenters. The highest BCUT2D eigenvalue weighted by atomic mass is 32.2. The maximum Gasteiger partial charge on any atom is 0.251 e. The van der Waals surface area contributed by atoms with Crippen molar-refractivity contribution in [1.29, 1.82) is 0 Å². The highest BCUT2D eigenvalue weighted by Crippen LogP contribution is 2.38. The number of nitrogens with zero attached hydrogens (tertiary/aromatic N) is 1. The first-order chi connectivity index (χ1) is 6.94. The SMILES string of the molecule is CS(=O)(=O)Cc1nc(C2CC2)cc(=O)[nH]1. The summed E-state index contributed by atoms with van der Waals surface area (Å²) in [6.07, 6.45) is 3.19. The molecule has 1 N–H and O–H groups in total. The molecule has 0 saturated heterocycles. The van der Waals surface area contributed by atoms with E-state index in [2.05, 4.69) is 9.97 Å². The minimum atomic E-state index is -3.15. The number of hydrogen-bond donors (Lipinski definition) is 1. The minimum Gasteiger partial charge on any atom is -0.310 e. The fourth-order valence-corrected chi connectivity index (χ4v) is 2.07. The second kappa shape index (κ2) is 3.44. The molecule has 82 valence electrons. The molecule has 0 bridgehead atoms. The number of aromatic nitrogens is 2. The van der Waals surface area contributed by atoms with Gasteiger partial charge in [-0.05, 0) is 12.8 Å². The fourth-order valence-electron chi connectivity index (χ4n) is 1.43. The average molecular weight is 228 g/mol. The van der Waals surface area contributed by atoms with Gasteiger partial charge in [-0.15, -0.1) is 0 Å². The van der Waals surface area contributed by atoms with Gasteiger partial charge in [-0.1, -0.05) is 0 Å². The molecule has 5 nitrogen and oxygen atoms in total. The summed E-state index contributed by atoms with van der Waals surface area (Å²) in [5.74, 6) is 0.389. The largest absolute Gasteiger partial charge is 0.310 e. The van der Waals surface area contributed by atoms with Crippen LogP contribution in [-0.4, -0.2) is 24.6 Å². The van der Waals surface area contributed by atoms with Crippen LogP contribution in [0.3, 0.4) is 0 Å². The molecule has 0 aliphatic heterocycles. The van der Waals surface area contributed by atoms with Crippen LogP contribution in [-0.2, 0) is 15.6 Å². The lowest BCUT2D eigenvalue weighted by Crippen LogP contribution is -2.15. The van der Waals surface area contributed by atoms with Gasteiger partial charge in [0.2, 0.25) is 0 Å². The van der Waals surface area contributed by atoms with Crippen molar-refractivity contribution in [1.82, 2.24) is 9.97 Å². The van der Waals surface area contributed by atoms with E-state index in [4.69, 9.17) is 0 Å². The van der Waals surface area contributed by atoms with Crippen LogP contribution in [0.25, 0.3) is 0 Å². The molecule has 0 radical (unpaired) electrons. The van der Waals surface area contributed by atoms with Gasteiger partial charge in [0.05, 0.1) is 5.69 Å². The first-order valence-electron chi connectivity index (χ1n) is 4.72. The molecule has 1 heterocycles. The maximum atomic E-state index is 11.2. The minimum absolute atomic E-state index is 0.206. The van der Waals surface area contributed by atoms with Crippen molar-refractivity contribution in [3.05, 3.63) is 27.9 Å². The summed E-state index contributed by atoms with van der Waals surface area (Å²) in [5, 5.41) is 0. The summed E-state index contributed by atoms with van der Waals surface area (Å²) in [4.78, 5) is 17.8. The number of hydrogen-bond acceptors (Lipinski definition) is 4. The molecule has 0 aromatic carbocycles. The van der Waals surface area contributed by atoms with Crippen molar-refractivity contribution in [3.63, 3.8) is 0 Å². The summed E-state index contributed by atoms with van der Waals surface area (Å²) < 4.78 is 22.1. The highest BCUT2D eigenvalue weighted by molar-refractivity contribution is 7.89. The Balaban J connectivity index is 2.35. The van der Waals surface area contributed by atoms with E-state index in [1.54, 1.807) is 0 Å². The third kappa shape index (κ3) is 2.89. The zero-order chi connectivity index (χ0) is 11.1. The molecule has 1 aromatic heterocycles. The predicted octanol–water partition coefficient (Wildman–Crippen LogP) is 0.192. The van der Waals surface area contributed by atoms with Gasteiger partial charge in [0.1, 0.15) is 11.6 Å². The normalized spacial score (nSPS) is 16.6. The molecule has 1 fully saturated rings. The van der Waals surface area contributed by atoms with Crippen LogP contribution in [0.1, 0.15) is 30.3 Å². The van der Waals surface area contributed by atoms with Crippen LogP contribution >= 0.6 is 0 Å². The number of H-pyrrole nitrogens is 1. The smallest absolute Gasteiger partial charge is 0.251 e. The second-order valence-corrected chi connectivity index (χ2v) is 6.10. The summed E-state index contributed by atoms with van der Waals surface area (Å²) in [6, 6.07) is 1.45. The number of nitrogens with one attached hydrogen (secondary N) is 1. The van der Waals surface area contributed by atoms with Crippen LogP contribution in [0.15, 0.2) is 10.9 Å². The van der Waals surface area contributed by atoms with Crippen molar-refractivity contribution in [2.24, 2.45) is 0 Å². The van der Waals surface area contributed by atoms with E-state index >= 15 is 0 Å². The van der Waals surface area contributed by atoms with E-state index < -0.39 is 9.84 Å². The summed E-state index contributed by atoms with van der Waals surface area (Å²) in [7, 11) is -3.15. The molecule has 1 aromatic rings. The first kappa shape index (κ1) is 10.4. The van der Waals surface area contributed by atoms with Crippen LogP contribution in [0.2, 0.25) is 0 Å². The van der Waals surface area contributed by atoms with Crippen molar-refractivity contribution >= 4 is 9.84 Å². The topological polar surface area (TPSA) is 79.9 Å². The summed E-state index contributed by atoms with van der Waals surface area (Å²) in [6.45, 7) is 0. The van der Waals surface area contributed by atoms with Crippen LogP contribution in [0.5, 0.6) is 0 Å². The van der Waals surface area contributed by atoms with E-state index in [1.165, 1.54) is 6.07 Å². The van der Waals surface area contributed by atoms with E-state index in [0.717, 1.165) is 24.8 Å². The van der Waals surface area contributed by atoms with Crippen LogP contribution < -0.4 is 5.56 Å². The number of aromatic amines is 1. The highest BCUT2D eigenvalue weighted by Gasteiger charge is 2.26. The molecule has 1 saturated carbocycles. The Morgan fingerprint density at radius 2 is 2.20 bits per heavy atom. The summed E-state index contributed by atoms with van der Waals surface area (Å²) in [5.41, 5.74) is 0.447. The lowest BCUT2D eigenvalue weighted by atomic mass is 10.3. The Hall–Kier alpha value is -1.17. The molecule has 0 amide bonds. The van der Waals surface area contributed by atoms with Crippen molar-refractivity contribution < 1.29 is 8.42 Å². The molecule has 15 heavy (non-hydrogen) atoms. The van der Waals surface area contributed by atoms with Gasteiger partial charge in [-0.3, -0.25) is 4.79 Å². The fraction of sp³-hybridized carbons (Fsp3) is 0.556. The van der Waals surface area contributed by atoms with E-state index in [1.807, 2.05) is 0 Å². The zero-order valence-electron chi connectivity index (χ0n) is 8.36. The van der Waals surface area contributed by atoms with Crippen molar-refractivity contribution in [2.45, 2.75) is 24.5 Å². The standard InChI is InChI=1S/C9H12N2O3S/c1-15(13,14)5-8-10-7(6-2-3-6)4-9(12)11-8/h4,6H,2-3,5H2,1H3,(H,10,11,12). The van der Waals surface area contributed by atoms with Gasteiger partial charge in [0.25, 0.3) is 5.56 Å². The van der Waals surface area contributed by atoms with E-state index in [9.17, 15) is 13.2 Å². The zero-order valence-corrected chi connectivity index (χ0v) is 9.17. The van der Waals surface area contributed by atoms with Gasteiger partial charge in [0, 0.05) is 18.2 Å².